The zero-order valence-corrected chi connectivity index (χ0v) is 13.9. The zero-order chi connectivity index (χ0) is 17.1. The van der Waals surface area contributed by atoms with Gasteiger partial charge in [0.05, 0.1) is 13.2 Å². The van der Waals surface area contributed by atoms with Gasteiger partial charge in [0.2, 0.25) is 11.2 Å². The summed E-state index contributed by atoms with van der Waals surface area (Å²) in [6, 6.07) is 1.09. The molecule has 3 heterocycles. The molecule has 0 radical (unpaired) electrons. The van der Waals surface area contributed by atoms with Gasteiger partial charge in [-0.1, -0.05) is 0 Å². The molecule has 0 spiro atoms. The van der Waals surface area contributed by atoms with Gasteiger partial charge in [0, 0.05) is 31.5 Å². The van der Waals surface area contributed by atoms with E-state index in [1.165, 1.54) is 19.4 Å². The third-order valence-electron chi connectivity index (χ3n) is 4.38. The van der Waals surface area contributed by atoms with Crippen molar-refractivity contribution in [1.82, 2.24) is 14.5 Å². The number of nitrogens with zero attached hydrogens (tertiary/aromatic N) is 3. The Morgan fingerprint density at radius 3 is 3.00 bits per heavy atom. The summed E-state index contributed by atoms with van der Waals surface area (Å²) in [4.78, 5) is 31.0. The van der Waals surface area contributed by atoms with Gasteiger partial charge in [-0.25, -0.2) is 4.98 Å². The number of piperidine rings is 1. The molecule has 24 heavy (non-hydrogen) atoms. The van der Waals surface area contributed by atoms with Crippen LogP contribution in [0.15, 0.2) is 33.9 Å². The third-order valence-corrected chi connectivity index (χ3v) is 4.38. The smallest absolute Gasteiger partial charge is 0.290 e. The number of hydrogen-bond acceptors (Lipinski definition) is 5. The van der Waals surface area contributed by atoms with Gasteiger partial charge in [0.25, 0.3) is 5.91 Å². The number of methoxy groups -OCH3 is 1. The molecule has 0 saturated carbocycles. The topological polar surface area (TPSA) is 77.6 Å². The number of amides is 1. The number of hydrogen-bond donors (Lipinski definition) is 0. The molecule has 1 atom stereocenters. The van der Waals surface area contributed by atoms with Crippen LogP contribution in [-0.2, 0) is 6.54 Å². The van der Waals surface area contributed by atoms with E-state index in [2.05, 4.69) is 4.98 Å². The lowest BCUT2D eigenvalue weighted by Gasteiger charge is -2.35. The highest BCUT2D eigenvalue weighted by molar-refractivity contribution is 5.91. The van der Waals surface area contributed by atoms with Crippen LogP contribution < -0.4 is 10.2 Å². The molecule has 1 amide bonds. The van der Waals surface area contributed by atoms with Gasteiger partial charge in [-0.2, -0.15) is 0 Å². The third kappa shape index (κ3) is 2.93. The Kier molecular flexibility index (Phi) is 4.69. The lowest BCUT2D eigenvalue weighted by atomic mass is 10.0. The van der Waals surface area contributed by atoms with Crippen molar-refractivity contribution >= 4 is 5.91 Å². The molecule has 1 saturated heterocycles. The number of likely N-dealkylation sites (tertiary alicyclic amines) is 1. The largest absolute Gasteiger partial charge is 0.490 e. The molecule has 0 N–H and O–H groups in total. The molecular formula is C17H21N3O4. The lowest BCUT2D eigenvalue weighted by molar-refractivity contribution is 0.0559. The van der Waals surface area contributed by atoms with Crippen LogP contribution in [0.1, 0.15) is 48.6 Å². The van der Waals surface area contributed by atoms with Crippen molar-refractivity contribution < 1.29 is 13.9 Å². The lowest BCUT2D eigenvalue weighted by Crippen LogP contribution is -2.40. The van der Waals surface area contributed by atoms with Crippen LogP contribution in [0.5, 0.6) is 5.75 Å². The van der Waals surface area contributed by atoms with E-state index in [0.717, 1.165) is 31.6 Å². The first-order chi connectivity index (χ1) is 11.7. The fourth-order valence-electron chi connectivity index (χ4n) is 3.13. The maximum absolute atomic E-state index is 12.9. The molecule has 3 rings (SSSR count). The summed E-state index contributed by atoms with van der Waals surface area (Å²) in [7, 11) is 1.39. The molecule has 1 unspecified atom stereocenters. The molecule has 0 aliphatic carbocycles. The minimum absolute atomic E-state index is 0.0299. The number of rotatable bonds is 4. The van der Waals surface area contributed by atoms with Gasteiger partial charge < -0.3 is 18.6 Å². The second kappa shape index (κ2) is 6.90. The van der Waals surface area contributed by atoms with Gasteiger partial charge in [-0.15, -0.1) is 0 Å². The van der Waals surface area contributed by atoms with Crippen LogP contribution in [0.3, 0.4) is 0 Å². The van der Waals surface area contributed by atoms with Crippen LogP contribution in [0, 0.1) is 0 Å². The Labute approximate surface area is 139 Å². The van der Waals surface area contributed by atoms with Crippen molar-refractivity contribution in [2.45, 2.75) is 38.8 Å². The summed E-state index contributed by atoms with van der Waals surface area (Å²) in [5.74, 6) is 0.706. The summed E-state index contributed by atoms with van der Waals surface area (Å²) >= 11 is 0. The van der Waals surface area contributed by atoms with E-state index >= 15 is 0 Å². The molecule has 1 aliphatic rings. The number of aryl methyl sites for hydroxylation is 1. The normalized spacial score (nSPS) is 17.8. The molecule has 2 aromatic rings. The quantitative estimate of drug-likeness (QED) is 0.858. The predicted molar refractivity (Wildman–Crippen MR) is 87.1 cm³/mol. The van der Waals surface area contributed by atoms with E-state index < -0.39 is 0 Å². The highest BCUT2D eigenvalue weighted by atomic mass is 16.5. The van der Waals surface area contributed by atoms with E-state index in [-0.39, 0.29) is 28.9 Å². The summed E-state index contributed by atoms with van der Waals surface area (Å²) in [6.07, 6.45) is 7.67. The molecule has 2 aromatic heterocycles. The van der Waals surface area contributed by atoms with Gasteiger partial charge in [-0.3, -0.25) is 9.59 Å². The van der Waals surface area contributed by atoms with E-state index in [9.17, 15) is 9.59 Å². The van der Waals surface area contributed by atoms with Crippen molar-refractivity contribution in [1.29, 1.82) is 0 Å². The number of imidazole rings is 1. The summed E-state index contributed by atoms with van der Waals surface area (Å²) < 4.78 is 12.3. The van der Waals surface area contributed by atoms with Crippen LogP contribution in [0.2, 0.25) is 0 Å². The maximum atomic E-state index is 12.9. The Morgan fingerprint density at radius 2 is 2.29 bits per heavy atom. The van der Waals surface area contributed by atoms with E-state index in [0.29, 0.717) is 6.54 Å². The average Bonchev–Trinajstić information content (AvgIpc) is 3.09. The molecule has 0 bridgehead atoms. The first-order valence-corrected chi connectivity index (χ1v) is 8.14. The molecule has 1 fully saturated rings. The van der Waals surface area contributed by atoms with Crippen molar-refractivity contribution in [3.8, 4) is 5.75 Å². The van der Waals surface area contributed by atoms with E-state index in [1.807, 2.05) is 17.7 Å². The second-order valence-corrected chi connectivity index (χ2v) is 5.76. The molecular weight excluding hydrogens is 310 g/mol. The number of ether oxygens (including phenoxy) is 1. The Bertz CT molecular complexity index is 780. The minimum Gasteiger partial charge on any atom is -0.490 e. The molecule has 0 aromatic carbocycles. The molecule has 7 heteroatoms. The van der Waals surface area contributed by atoms with E-state index in [4.69, 9.17) is 9.15 Å². The summed E-state index contributed by atoms with van der Waals surface area (Å²) in [5.41, 5.74) is -0.365. The molecule has 128 valence electrons. The first-order valence-electron chi connectivity index (χ1n) is 8.14. The van der Waals surface area contributed by atoms with Gasteiger partial charge in [0.15, 0.2) is 5.76 Å². The van der Waals surface area contributed by atoms with Crippen molar-refractivity contribution in [2.75, 3.05) is 13.7 Å². The number of aromatic nitrogens is 2. The van der Waals surface area contributed by atoms with Crippen LogP contribution >= 0.6 is 0 Å². The fourth-order valence-corrected chi connectivity index (χ4v) is 3.13. The second-order valence-electron chi connectivity index (χ2n) is 5.76. The highest BCUT2D eigenvalue weighted by Gasteiger charge is 2.32. The zero-order valence-electron chi connectivity index (χ0n) is 13.9. The van der Waals surface area contributed by atoms with Crippen molar-refractivity contribution in [3.05, 3.63) is 46.5 Å². The van der Waals surface area contributed by atoms with Crippen molar-refractivity contribution in [3.63, 3.8) is 0 Å². The predicted octanol–water partition coefficient (Wildman–Crippen LogP) is 2.23. The SMILES string of the molecule is CCn1ccnc1C1CCCCN1C(=O)c1cc(=O)c(OC)co1. The molecule has 1 aliphatic heterocycles. The Hall–Kier alpha value is -2.57. The van der Waals surface area contributed by atoms with Crippen LogP contribution in [0.25, 0.3) is 0 Å². The van der Waals surface area contributed by atoms with Crippen molar-refractivity contribution in [2.24, 2.45) is 0 Å². The Morgan fingerprint density at radius 1 is 1.46 bits per heavy atom. The standard InChI is InChI=1S/C17H21N3O4/c1-3-19-9-7-18-16(19)12-6-4-5-8-20(12)17(22)14-10-13(21)15(23-2)11-24-14/h7,9-12H,3-6,8H2,1-2H3. The summed E-state index contributed by atoms with van der Waals surface area (Å²) in [5, 5.41) is 0. The van der Waals surface area contributed by atoms with Gasteiger partial charge >= 0.3 is 0 Å². The number of carbonyl (C=O) groups excluding carboxylic acids is 1. The fraction of sp³-hybridized carbons (Fsp3) is 0.471. The maximum Gasteiger partial charge on any atom is 0.290 e. The highest BCUT2D eigenvalue weighted by Crippen LogP contribution is 2.31. The molecule has 7 nitrogen and oxygen atoms in total. The minimum atomic E-state index is -0.365. The van der Waals surface area contributed by atoms with Crippen LogP contribution in [0.4, 0.5) is 0 Å². The van der Waals surface area contributed by atoms with Gasteiger partial charge in [0.1, 0.15) is 12.1 Å². The Balaban J connectivity index is 1.91. The average molecular weight is 331 g/mol. The summed E-state index contributed by atoms with van der Waals surface area (Å²) in [6.45, 7) is 3.46. The number of carbonyl (C=O) groups is 1. The van der Waals surface area contributed by atoms with E-state index in [1.54, 1.807) is 11.1 Å². The van der Waals surface area contributed by atoms with Crippen LogP contribution in [-0.4, -0.2) is 34.0 Å². The monoisotopic (exact) mass is 331 g/mol. The first kappa shape index (κ1) is 16.3. The van der Waals surface area contributed by atoms with Gasteiger partial charge in [-0.05, 0) is 26.2 Å².